The molecule has 1 aliphatic rings. The van der Waals surface area contributed by atoms with Crippen molar-refractivity contribution in [3.05, 3.63) is 23.4 Å². The van der Waals surface area contributed by atoms with Gasteiger partial charge in [0.1, 0.15) is 5.82 Å². The molecule has 0 aliphatic carbocycles. The molecule has 0 bridgehead atoms. The van der Waals surface area contributed by atoms with Crippen molar-refractivity contribution in [1.82, 2.24) is 10.3 Å². The topological polar surface area (TPSA) is 37.4 Å². The van der Waals surface area contributed by atoms with E-state index < -0.39 is 0 Å². The molecule has 1 N–H and O–H groups in total. The summed E-state index contributed by atoms with van der Waals surface area (Å²) in [7, 11) is 1.80. The molecule has 0 saturated carbocycles. The minimum absolute atomic E-state index is 0.710. The Labute approximate surface area is 128 Å². The van der Waals surface area contributed by atoms with E-state index in [1.54, 1.807) is 7.11 Å². The van der Waals surface area contributed by atoms with Crippen molar-refractivity contribution in [2.45, 2.75) is 39.7 Å². The van der Waals surface area contributed by atoms with Gasteiger partial charge in [-0.25, -0.2) is 4.98 Å². The van der Waals surface area contributed by atoms with Crippen LogP contribution in [0.4, 0.5) is 5.82 Å². The molecule has 2 rings (SSSR count). The Morgan fingerprint density at radius 3 is 2.76 bits per heavy atom. The number of ether oxygens (including phenoxy) is 1. The van der Waals surface area contributed by atoms with Crippen LogP contribution in [0.3, 0.4) is 0 Å². The highest BCUT2D eigenvalue weighted by Crippen LogP contribution is 2.23. The first kappa shape index (κ1) is 16.2. The molecule has 1 fully saturated rings. The van der Waals surface area contributed by atoms with Crippen molar-refractivity contribution in [2.75, 3.05) is 38.3 Å². The summed E-state index contributed by atoms with van der Waals surface area (Å²) in [5, 5.41) is 3.47. The SMILES string of the molecule is CCCNCc1cc(C)nc(N2CCC(COC)CC2)c1. The summed E-state index contributed by atoms with van der Waals surface area (Å²) in [4.78, 5) is 7.14. The summed E-state index contributed by atoms with van der Waals surface area (Å²) in [6.45, 7) is 9.36. The molecule has 118 valence electrons. The van der Waals surface area contributed by atoms with Gasteiger partial charge in [-0.2, -0.15) is 0 Å². The Kier molecular flexibility index (Phi) is 6.46. The van der Waals surface area contributed by atoms with Crippen molar-refractivity contribution in [3.63, 3.8) is 0 Å². The van der Waals surface area contributed by atoms with E-state index in [9.17, 15) is 0 Å². The summed E-state index contributed by atoms with van der Waals surface area (Å²) in [5.41, 5.74) is 2.45. The molecule has 0 spiro atoms. The van der Waals surface area contributed by atoms with Gasteiger partial charge in [0.15, 0.2) is 0 Å². The van der Waals surface area contributed by atoms with Gasteiger partial charge < -0.3 is 15.0 Å². The van der Waals surface area contributed by atoms with Crippen LogP contribution in [0.2, 0.25) is 0 Å². The van der Waals surface area contributed by atoms with Gasteiger partial charge in [0.2, 0.25) is 0 Å². The Hall–Kier alpha value is -1.13. The largest absolute Gasteiger partial charge is 0.384 e. The molecule has 0 unspecified atom stereocenters. The van der Waals surface area contributed by atoms with Crippen LogP contribution in [0.5, 0.6) is 0 Å². The number of aryl methyl sites for hydroxylation is 1. The van der Waals surface area contributed by atoms with Gasteiger partial charge in [0.05, 0.1) is 0 Å². The second-order valence-electron chi connectivity index (χ2n) is 6.04. The summed E-state index contributed by atoms with van der Waals surface area (Å²) < 4.78 is 5.27. The monoisotopic (exact) mass is 291 g/mol. The maximum absolute atomic E-state index is 5.27. The molecule has 1 aromatic heterocycles. The molecule has 0 atom stereocenters. The standard InChI is InChI=1S/C17H29N3O/c1-4-7-18-12-16-10-14(2)19-17(11-16)20-8-5-15(6-9-20)13-21-3/h10-11,15,18H,4-9,12-13H2,1-3H3. The van der Waals surface area contributed by atoms with Crippen molar-refractivity contribution >= 4 is 5.82 Å². The van der Waals surface area contributed by atoms with E-state index in [-0.39, 0.29) is 0 Å². The lowest BCUT2D eigenvalue weighted by atomic mass is 9.98. The first-order valence-corrected chi connectivity index (χ1v) is 8.15. The summed E-state index contributed by atoms with van der Waals surface area (Å²) in [5.74, 6) is 1.85. The predicted molar refractivity (Wildman–Crippen MR) is 87.8 cm³/mol. The second-order valence-corrected chi connectivity index (χ2v) is 6.04. The van der Waals surface area contributed by atoms with Crippen LogP contribution in [-0.4, -0.2) is 38.3 Å². The third-order valence-electron chi connectivity index (χ3n) is 4.10. The Morgan fingerprint density at radius 2 is 2.10 bits per heavy atom. The van der Waals surface area contributed by atoms with Gasteiger partial charge in [-0.05, 0) is 56.3 Å². The molecule has 0 amide bonds. The van der Waals surface area contributed by atoms with Gasteiger partial charge in [-0.15, -0.1) is 0 Å². The molecule has 0 radical (unpaired) electrons. The fourth-order valence-electron chi connectivity index (χ4n) is 2.96. The number of hydrogen-bond acceptors (Lipinski definition) is 4. The molecule has 2 heterocycles. The lowest BCUT2D eigenvalue weighted by molar-refractivity contribution is 0.139. The zero-order valence-corrected chi connectivity index (χ0v) is 13.7. The number of aromatic nitrogens is 1. The highest BCUT2D eigenvalue weighted by atomic mass is 16.5. The van der Waals surface area contributed by atoms with E-state index in [0.717, 1.165) is 44.3 Å². The van der Waals surface area contributed by atoms with Crippen molar-refractivity contribution in [1.29, 1.82) is 0 Å². The van der Waals surface area contributed by atoms with Gasteiger partial charge in [-0.3, -0.25) is 0 Å². The quantitative estimate of drug-likeness (QED) is 0.784. The number of methoxy groups -OCH3 is 1. The van der Waals surface area contributed by atoms with Crippen LogP contribution in [0.1, 0.15) is 37.4 Å². The van der Waals surface area contributed by atoms with Gasteiger partial charge in [0, 0.05) is 39.0 Å². The Morgan fingerprint density at radius 1 is 1.33 bits per heavy atom. The highest BCUT2D eigenvalue weighted by Gasteiger charge is 2.20. The van der Waals surface area contributed by atoms with Gasteiger partial charge >= 0.3 is 0 Å². The van der Waals surface area contributed by atoms with Gasteiger partial charge in [0.25, 0.3) is 0 Å². The summed E-state index contributed by atoms with van der Waals surface area (Å²) in [6.07, 6.45) is 3.57. The fourth-order valence-corrected chi connectivity index (χ4v) is 2.96. The molecule has 1 aliphatic heterocycles. The predicted octanol–water partition coefficient (Wildman–Crippen LogP) is 2.75. The van der Waals surface area contributed by atoms with Crippen LogP contribution in [0.15, 0.2) is 12.1 Å². The van der Waals surface area contributed by atoms with E-state index in [1.165, 1.54) is 24.8 Å². The number of nitrogens with one attached hydrogen (secondary N) is 1. The lowest BCUT2D eigenvalue weighted by Crippen LogP contribution is -2.35. The number of rotatable bonds is 7. The molecule has 1 aromatic rings. The van der Waals surface area contributed by atoms with Crippen LogP contribution in [0, 0.1) is 12.8 Å². The molecular formula is C17H29N3O. The van der Waals surface area contributed by atoms with Crippen LogP contribution < -0.4 is 10.2 Å². The number of pyridine rings is 1. The first-order chi connectivity index (χ1) is 10.2. The molecule has 4 heteroatoms. The fraction of sp³-hybridized carbons (Fsp3) is 0.706. The van der Waals surface area contributed by atoms with E-state index in [0.29, 0.717) is 5.92 Å². The zero-order chi connectivity index (χ0) is 15.1. The van der Waals surface area contributed by atoms with E-state index in [4.69, 9.17) is 9.72 Å². The minimum atomic E-state index is 0.710. The maximum atomic E-state index is 5.27. The second kappa shape index (κ2) is 8.35. The molecule has 1 saturated heterocycles. The number of anilines is 1. The number of piperidine rings is 1. The zero-order valence-electron chi connectivity index (χ0n) is 13.7. The summed E-state index contributed by atoms with van der Waals surface area (Å²) >= 11 is 0. The lowest BCUT2D eigenvalue weighted by Gasteiger charge is -2.32. The van der Waals surface area contributed by atoms with Gasteiger partial charge in [-0.1, -0.05) is 6.92 Å². The van der Waals surface area contributed by atoms with Crippen molar-refractivity contribution in [2.24, 2.45) is 5.92 Å². The normalized spacial score (nSPS) is 16.4. The number of hydrogen-bond donors (Lipinski definition) is 1. The highest BCUT2D eigenvalue weighted by molar-refractivity contribution is 5.43. The molecular weight excluding hydrogens is 262 g/mol. The Balaban J connectivity index is 1.96. The number of nitrogens with zero attached hydrogens (tertiary/aromatic N) is 2. The first-order valence-electron chi connectivity index (χ1n) is 8.15. The van der Waals surface area contributed by atoms with Crippen molar-refractivity contribution < 1.29 is 4.74 Å². The van der Waals surface area contributed by atoms with Crippen LogP contribution in [-0.2, 0) is 11.3 Å². The molecule has 21 heavy (non-hydrogen) atoms. The van der Waals surface area contributed by atoms with Crippen LogP contribution >= 0.6 is 0 Å². The van der Waals surface area contributed by atoms with Crippen LogP contribution in [0.25, 0.3) is 0 Å². The third kappa shape index (κ3) is 4.97. The summed E-state index contributed by atoms with van der Waals surface area (Å²) in [6, 6.07) is 4.43. The van der Waals surface area contributed by atoms with E-state index in [2.05, 4.69) is 36.2 Å². The molecule has 4 nitrogen and oxygen atoms in total. The smallest absolute Gasteiger partial charge is 0.129 e. The average Bonchev–Trinajstić information content (AvgIpc) is 2.48. The molecule has 0 aromatic carbocycles. The average molecular weight is 291 g/mol. The minimum Gasteiger partial charge on any atom is -0.384 e. The Bertz CT molecular complexity index is 428. The van der Waals surface area contributed by atoms with E-state index >= 15 is 0 Å². The maximum Gasteiger partial charge on any atom is 0.129 e. The third-order valence-corrected chi connectivity index (χ3v) is 4.10. The van der Waals surface area contributed by atoms with E-state index in [1.807, 2.05) is 0 Å². The van der Waals surface area contributed by atoms with Crippen molar-refractivity contribution in [3.8, 4) is 0 Å².